The predicted octanol–water partition coefficient (Wildman–Crippen LogP) is 1.49. The molecule has 0 heterocycles. The number of nitriles is 1. The Labute approximate surface area is 89.7 Å². The number of amides is 1. The smallest absolute Gasteiger partial charge is 0.322 e. The van der Waals surface area contributed by atoms with Crippen LogP contribution < -0.4 is 5.32 Å². The zero-order valence-electron chi connectivity index (χ0n) is 9.00. The standard InChI is InChI=1S/C12H14N2O/c1-9-3-4-10(2)11(7-9)5-6-14-12(15)8-13/h3-4,7H,5-6H2,1-2H3,(H,14,15). The summed E-state index contributed by atoms with van der Waals surface area (Å²) < 4.78 is 0. The van der Waals surface area contributed by atoms with Gasteiger partial charge in [0.05, 0.1) is 0 Å². The van der Waals surface area contributed by atoms with Crippen LogP contribution in [0.25, 0.3) is 0 Å². The van der Waals surface area contributed by atoms with Crippen LogP contribution in [0.2, 0.25) is 0 Å². The predicted molar refractivity (Wildman–Crippen MR) is 58.2 cm³/mol. The summed E-state index contributed by atoms with van der Waals surface area (Å²) in [5, 5.41) is 10.8. The molecule has 0 spiro atoms. The molecule has 0 aliphatic rings. The number of rotatable bonds is 3. The van der Waals surface area contributed by atoms with Crippen LogP contribution >= 0.6 is 0 Å². The van der Waals surface area contributed by atoms with Crippen molar-refractivity contribution in [2.45, 2.75) is 20.3 Å². The van der Waals surface area contributed by atoms with Crippen LogP contribution in [-0.2, 0) is 11.2 Å². The molecule has 0 aliphatic carbocycles. The second-order valence-corrected chi connectivity index (χ2v) is 3.55. The molecule has 0 atom stereocenters. The van der Waals surface area contributed by atoms with Gasteiger partial charge in [-0.1, -0.05) is 23.8 Å². The summed E-state index contributed by atoms with van der Waals surface area (Å²) in [5.74, 6) is -0.569. The summed E-state index contributed by atoms with van der Waals surface area (Å²) in [6, 6.07) is 7.76. The number of benzene rings is 1. The molecule has 0 saturated heterocycles. The highest BCUT2D eigenvalue weighted by atomic mass is 16.1. The Hall–Kier alpha value is -1.82. The molecule has 0 bridgehead atoms. The highest BCUT2D eigenvalue weighted by molar-refractivity contribution is 5.91. The maximum atomic E-state index is 10.7. The molecule has 1 amide bonds. The van der Waals surface area contributed by atoms with E-state index < -0.39 is 5.91 Å². The first kappa shape index (κ1) is 11.3. The molecule has 3 nitrogen and oxygen atoms in total. The minimum absolute atomic E-state index is 0.511. The summed E-state index contributed by atoms with van der Waals surface area (Å²) >= 11 is 0. The zero-order chi connectivity index (χ0) is 11.3. The summed E-state index contributed by atoms with van der Waals surface area (Å²) in [7, 11) is 0. The second kappa shape index (κ2) is 5.16. The maximum absolute atomic E-state index is 10.7. The topological polar surface area (TPSA) is 52.9 Å². The lowest BCUT2D eigenvalue weighted by molar-refractivity contribution is -0.115. The minimum atomic E-state index is -0.569. The Morgan fingerprint density at radius 1 is 1.47 bits per heavy atom. The molecule has 1 aromatic rings. The fourth-order valence-electron chi connectivity index (χ4n) is 1.42. The number of hydrogen-bond acceptors (Lipinski definition) is 2. The summed E-state index contributed by atoms with van der Waals surface area (Å²) in [4.78, 5) is 10.7. The molecule has 0 fully saturated rings. The third-order valence-corrected chi connectivity index (χ3v) is 2.29. The SMILES string of the molecule is Cc1ccc(C)c(CCNC(=O)C#N)c1. The van der Waals surface area contributed by atoms with Crippen molar-refractivity contribution in [1.29, 1.82) is 5.26 Å². The molecule has 0 saturated carbocycles. The molecule has 78 valence electrons. The zero-order valence-corrected chi connectivity index (χ0v) is 9.00. The van der Waals surface area contributed by atoms with E-state index >= 15 is 0 Å². The Kier molecular flexibility index (Phi) is 3.87. The normalized spacial score (nSPS) is 9.40. The van der Waals surface area contributed by atoms with Gasteiger partial charge in [-0.25, -0.2) is 0 Å². The molecule has 0 unspecified atom stereocenters. The highest BCUT2D eigenvalue weighted by Gasteiger charge is 2.00. The van der Waals surface area contributed by atoms with Gasteiger partial charge >= 0.3 is 5.91 Å². The lowest BCUT2D eigenvalue weighted by Gasteiger charge is -2.06. The van der Waals surface area contributed by atoms with Crippen LogP contribution in [0.1, 0.15) is 16.7 Å². The Bertz CT molecular complexity index is 405. The molecule has 3 heteroatoms. The van der Waals surface area contributed by atoms with Crippen LogP contribution in [0, 0.1) is 25.2 Å². The average Bonchev–Trinajstić information content (AvgIpc) is 2.23. The van der Waals surface area contributed by atoms with Gasteiger partial charge in [0.15, 0.2) is 6.07 Å². The van der Waals surface area contributed by atoms with Crippen molar-refractivity contribution in [2.75, 3.05) is 6.54 Å². The maximum Gasteiger partial charge on any atom is 0.322 e. The quantitative estimate of drug-likeness (QED) is 0.755. The van der Waals surface area contributed by atoms with Gasteiger partial charge in [-0.3, -0.25) is 4.79 Å². The molecule has 0 radical (unpaired) electrons. The van der Waals surface area contributed by atoms with Crippen LogP contribution in [0.4, 0.5) is 0 Å². The van der Waals surface area contributed by atoms with E-state index in [0.717, 1.165) is 6.42 Å². The number of nitrogens with zero attached hydrogens (tertiary/aromatic N) is 1. The van der Waals surface area contributed by atoms with Gasteiger partial charge in [-0.2, -0.15) is 5.26 Å². The molecular formula is C12H14N2O. The fraction of sp³-hybridized carbons (Fsp3) is 0.333. The fourth-order valence-corrected chi connectivity index (χ4v) is 1.42. The van der Waals surface area contributed by atoms with E-state index in [0.29, 0.717) is 6.54 Å². The number of nitrogens with one attached hydrogen (secondary N) is 1. The van der Waals surface area contributed by atoms with E-state index in [1.165, 1.54) is 22.8 Å². The van der Waals surface area contributed by atoms with Crippen molar-refractivity contribution in [3.8, 4) is 6.07 Å². The molecule has 1 rings (SSSR count). The first-order valence-corrected chi connectivity index (χ1v) is 4.87. The van der Waals surface area contributed by atoms with Gasteiger partial charge in [-0.15, -0.1) is 0 Å². The Morgan fingerprint density at radius 3 is 2.87 bits per heavy atom. The van der Waals surface area contributed by atoms with Gasteiger partial charge < -0.3 is 5.32 Å². The number of hydrogen-bond donors (Lipinski definition) is 1. The summed E-state index contributed by atoms with van der Waals surface area (Å²) in [6.07, 6.45) is 0.765. The summed E-state index contributed by atoms with van der Waals surface area (Å²) in [5.41, 5.74) is 3.64. The van der Waals surface area contributed by atoms with Crippen molar-refractivity contribution in [3.05, 3.63) is 34.9 Å². The second-order valence-electron chi connectivity index (χ2n) is 3.55. The van der Waals surface area contributed by atoms with E-state index in [2.05, 4.69) is 23.5 Å². The van der Waals surface area contributed by atoms with E-state index in [4.69, 9.17) is 5.26 Å². The number of carbonyl (C=O) groups excluding carboxylic acids is 1. The van der Waals surface area contributed by atoms with Crippen LogP contribution in [0.15, 0.2) is 18.2 Å². The van der Waals surface area contributed by atoms with Crippen LogP contribution in [0.5, 0.6) is 0 Å². The third kappa shape index (κ3) is 3.43. The van der Waals surface area contributed by atoms with Crippen molar-refractivity contribution in [2.24, 2.45) is 0 Å². The Morgan fingerprint density at radius 2 is 2.20 bits per heavy atom. The molecule has 0 aliphatic heterocycles. The number of carbonyl (C=O) groups is 1. The van der Waals surface area contributed by atoms with Crippen LogP contribution in [-0.4, -0.2) is 12.5 Å². The van der Waals surface area contributed by atoms with Gasteiger partial charge in [0, 0.05) is 6.54 Å². The largest absolute Gasteiger partial charge is 0.343 e. The minimum Gasteiger partial charge on any atom is -0.343 e. The molecule has 15 heavy (non-hydrogen) atoms. The van der Waals surface area contributed by atoms with Crippen molar-refractivity contribution in [1.82, 2.24) is 5.32 Å². The number of aryl methyl sites for hydroxylation is 2. The van der Waals surface area contributed by atoms with Gasteiger partial charge in [0.25, 0.3) is 0 Å². The van der Waals surface area contributed by atoms with Gasteiger partial charge in [0.2, 0.25) is 0 Å². The van der Waals surface area contributed by atoms with Crippen molar-refractivity contribution < 1.29 is 4.79 Å². The molecular weight excluding hydrogens is 188 g/mol. The van der Waals surface area contributed by atoms with E-state index in [1.54, 1.807) is 0 Å². The van der Waals surface area contributed by atoms with Crippen molar-refractivity contribution >= 4 is 5.91 Å². The van der Waals surface area contributed by atoms with Gasteiger partial charge in [-0.05, 0) is 31.4 Å². The Balaban J connectivity index is 2.54. The molecule has 1 N–H and O–H groups in total. The first-order valence-electron chi connectivity index (χ1n) is 4.87. The van der Waals surface area contributed by atoms with Crippen molar-refractivity contribution in [3.63, 3.8) is 0 Å². The van der Waals surface area contributed by atoms with E-state index in [1.807, 2.05) is 13.8 Å². The molecule has 0 aromatic heterocycles. The average molecular weight is 202 g/mol. The lowest BCUT2D eigenvalue weighted by Crippen LogP contribution is -2.23. The first-order chi connectivity index (χ1) is 7.13. The monoisotopic (exact) mass is 202 g/mol. The lowest BCUT2D eigenvalue weighted by atomic mass is 10.0. The summed E-state index contributed by atoms with van der Waals surface area (Å²) in [6.45, 7) is 4.59. The van der Waals surface area contributed by atoms with E-state index in [9.17, 15) is 4.79 Å². The molecule has 1 aromatic carbocycles. The van der Waals surface area contributed by atoms with Gasteiger partial charge in [0.1, 0.15) is 0 Å². The third-order valence-electron chi connectivity index (χ3n) is 2.29. The highest BCUT2D eigenvalue weighted by Crippen LogP contribution is 2.10. The van der Waals surface area contributed by atoms with Crippen LogP contribution in [0.3, 0.4) is 0 Å². The van der Waals surface area contributed by atoms with E-state index in [-0.39, 0.29) is 0 Å².